The lowest BCUT2D eigenvalue weighted by molar-refractivity contribution is -0.131. The van der Waals surface area contributed by atoms with Gasteiger partial charge in [-0.2, -0.15) is 0 Å². The molecule has 0 aromatic rings. The standard InChI is InChI=1S/C17H32N2O/c1-13(2)16-9-17(12-19(11-16)14(3)20)18-10-15-7-5-4-6-8-15/h13,15-18H,4-12H2,1-3H3. The van der Waals surface area contributed by atoms with Crippen molar-refractivity contribution in [2.75, 3.05) is 19.6 Å². The number of hydrogen-bond donors (Lipinski definition) is 1. The number of amides is 1. The minimum Gasteiger partial charge on any atom is -0.341 e. The maximum Gasteiger partial charge on any atom is 0.219 e. The Balaban J connectivity index is 1.83. The maximum absolute atomic E-state index is 11.7. The first-order chi connectivity index (χ1) is 9.56. The number of nitrogens with one attached hydrogen (secondary N) is 1. The monoisotopic (exact) mass is 280 g/mol. The van der Waals surface area contributed by atoms with E-state index in [-0.39, 0.29) is 5.91 Å². The van der Waals surface area contributed by atoms with Gasteiger partial charge in [-0.1, -0.05) is 33.1 Å². The van der Waals surface area contributed by atoms with E-state index in [4.69, 9.17) is 0 Å². The van der Waals surface area contributed by atoms with Crippen LogP contribution in [0.1, 0.15) is 59.3 Å². The first-order valence-corrected chi connectivity index (χ1v) is 8.55. The molecular weight excluding hydrogens is 248 g/mol. The molecule has 116 valence electrons. The van der Waals surface area contributed by atoms with Crippen LogP contribution in [0.15, 0.2) is 0 Å². The minimum absolute atomic E-state index is 0.236. The highest BCUT2D eigenvalue weighted by Crippen LogP contribution is 2.26. The fourth-order valence-electron chi connectivity index (χ4n) is 3.75. The van der Waals surface area contributed by atoms with Gasteiger partial charge in [-0.3, -0.25) is 4.79 Å². The Hall–Kier alpha value is -0.570. The third-order valence-electron chi connectivity index (χ3n) is 5.29. The molecule has 1 heterocycles. The number of carbonyl (C=O) groups is 1. The van der Waals surface area contributed by atoms with Crippen molar-refractivity contribution in [3.63, 3.8) is 0 Å². The Morgan fingerprint density at radius 3 is 2.50 bits per heavy atom. The van der Waals surface area contributed by atoms with Gasteiger partial charge in [0.1, 0.15) is 0 Å². The molecule has 20 heavy (non-hydrogen) atoms. The lowest BCUT2D eigenvalue weighted by Gasteiger charge is -2.40. The summed E-state index contributed by atoms with van der Waals surface area (Å²) in [4.78, 5) is 13.8. The van der Waals surface area contributed by atoms with Crippen LogP contribution in [-0.4, -0.2) is 36.5 Å². The molecule has 0 bridgehead atoms. The SMILES string of the molecule is CC(=O)N1CC(NCC2CCCCC2)CC(C(C)C)C1. The molecule has 1 amide bonds. The van der Waals surface area contributed by atoms with Gasteiger partial charge < -0.3 is 10.2 Å². The molecule has 1 aliphatic heterocycles. The Morgan fingerprint density at radius 1 is 1.20 bits per heavy atom. The van der Waals surface area contributed by atoms with Gasteiger partial charge >= 0.3 is 0 Å². The van der Waals surface area contributed by atoms with Crippen LogP contribution in [0.25, 0.3) is 0 Å². The second-order valence-electron chi connectivity index (χ2n) is 7.27. The third-order valence-corrected chi connectivity index (χ3v) is 5.29. The molecule has 2 atom stereocenters. The van der Waals surface area contributed by atoms with Crippen molar-refractivity contribution in [2.45, 2.75) is 65.3 Å². The smallest absolute Gasteiger partial charge is 0.219 e. The van der Waals surface area contributed by atoms with Gasteiger partial charge in [0, 0.05) is 26.1 Å². The zero-order valence-electron chi connectivity index (χ0n) is 13.5. The van der Waals surface area contributed by atoms with Gasteiger partial charge in [0.2, 0.25) is 5.91 Å². The molecule has 3 heteroatoms. The molecule has 0 spiro atoms. The van der Waals surface area contributed by atoms with Gasteiger partial charge in [0.15, 0.2) is 0 Å². The largest absolute Gasteiger partial charge is 0.341 e. The van der Waals surface area contributed by atoms with Crippen LogP contribution in [0.4, 0.5) is 0 Å². The highest BCUT2D eigenvalue weighted by atomic mass is 16.2. The van der Waals surface area contributed by atoms with E-state index < -0.39 is 0 Å². The molecule has 2 unspecified atom stereocenters. The molecule has 3 nitrogen and oxygen atoms in total. The molecule has 2 fully saturated rings. The predicted molar refractivity (Wildman–Crippen MR) is 83.6 cm³/mol. The average Bonchev–Trinajstić information content (AvgIpc) is 2.45. The lowest BCUT2D eigenvalue weighted by Crippen LogP contribution is -2.52. The summed E-state index contributed by atoms with van der Waals surface area (Å²) in [6.45, 7) is 9.29. The molecule has 2 rings (SSSR count). The van der Waals surface area contributed by atoms with Crippen LogP contribution < -0.4 is 5.32 Å². The molecule has 0 radical (unpaired) electrons. The molecule has 0 aromatic heterocycles. The number of piperidine rings is 1. The second-order valence-corrected chi connectivity index (χ2v) is 7.27. The minimum atomic E-state index is 0.236. The number of rotatable bonds is 4. The Bertz CT molecular complexity index is 310. The summed E-state index contributed by atoms with van der Waals surface area (Å²) in [5, 5.41) is 3.77. The van der Waals surface area contributed by atoms with Crippen molar-refractivity contribution in [3.8, 4) is 0 Å². The highest BCUT2D eigenvalue weighted by molar-refractivity contribution is 5.73. The van der Waals surface area contributed by atoms with Crippen molar-refractivity contribution in [2.24, 2.45) is 17.8 Å². The van der Waals surface area contributed by atoms with Crippen LogP contribution in [-0.2, 0) is 4.79 Å². The van der Waals surface area contributed by atoms with Crippen LogP contribution >= 0.6 is 0 Å². The number of hydrogen-bond acceptors (Lipinski definition) is 2. The number of likely N-dealkylation sites (tertiary alicyclic amines) is 1. The first-order valence-electron chi connectivity index (χ1n) is 8.55. The summed E-state index contributed by atoms with van der Waals surface area (Å²) in [5.74, 6) is 2.42. The number of carbonyl (C=O) groups excluding carboxylic acids is 1. The normalized spacial score (nSPS) is 28.9. The van der Waals surface area contributed by atoms with E-state index >= 15 is 0 Å². The lowest BCUT2D eigenvalue weighted by atomic mass is 9.84. The number of nitrogens with zero attached hydrogens (tertiary/aromatic N) is 1. The third kappa shape index (κ3) is 4.47. The maximum atomic E-state index is 11.7. The Kier molecular flexibility index (Phi) is 5.88. The molecular formula is C17H32N2O. The average molecular weight is 280 g/mol. The van der Waals surface area contributed by atoms with E-state index in [1.54, 1.807) is 6.92 Å². The molecule has 1 aliphatic carbocycles. The van der Waals surface area contributed by atoms with Crippen molar-refractivity contribution >= 4 is 5.91 Å². The van der Waals surface area contributed by atoms with Gasteiger partial charge in [-0.15, -0.1) is 0 Å². The summed E-state index contributed by atoms with van der Waals surface area (Å²) in [5.41, 5.74) is 0. The van der Waals surface area contributed by atoms with Gasteiger partial charge in [-0.25, -0.2) is 0 Å². The van der Waals surface area contributed by atoms with Crippen LogP contribution in [0.5, 0.6) is 0 Å². The van der Waals surface area contributed by atoms with Crippen LogP contribution in [0, 0.1) is 17.8 Å². The van der Waals surface area contributed by atoms with E-state index in [9.17, 15) is 4.79 Å². The molecule has 1 saturated carbocycles. The fourth-order valence-corrected chi connectivity index (χ4v) is 3.75. The van der Waals surface area contributed by atoms with Crippen molar-refractivity contribution in [3.05, 3.63) is 0 Å². The Labute approximate surface area is 124 Å². The molecule has 0 aromatic carbocycles. The van der Waals surface area contributed by atoms with Crippen molar-refractivity contribution in [1.82, 2.24) is 10.2 Å². The van der Waals surface area contributed by atoms with Gasteiger partial charge in [-0.05, 0) is 43.6 Å². The predicted octanol–water partition coefficient (Wildman–Crippen LogP) is 3.05. The fraction of sp³-hybridized carbons (Fsp3) is 0.941. The van der Waals surface area contributed by atoms with Crippen LogP contribution in [0.3, 0.4) is 0 Å². The zero-order chi connectivity index (χ0) is 14.5. The Morgan fingerprint density at radius 2 is 1.90 bits per heavy atom. The molecule has 1 N–H and O–H groups in total. The van der Waals surface area contributed by atoms with E-state index in [2.05, 4.69) is 19.2 Å². The highest BCUT2D eigenvalue weighted by Gasteiger charge is 2.30. The first kappa shape index (κ1) is 15.8. The quantitative estimate of drug-likeness (QED) is 0.858. The summed E-state index contributed by atoms with van der Waals surface area (Å²) in [6, 6.07) is 0.502. The molecule has 1 saturated heterocycles. The van der Waals surface area contributed by atoms with E-state index in [1.807, 2.05) is 4.90 Å². The second kappa shape index (κ2) is 7.44. The molecule has 2 aliphatic rings. The topological polar surface area (TPSA) is 32.3 Å². The van der Waals surface area contributed by atoms with Crippen molar-refractivity contribution in [1.29, 1.82) is 0 Å². The van der Waals surface area contributed by atoms with E-state index in [1.165, 1.54) is 38.5 Å². The summed E-state index contributed by atoms with van der Waals surface area (Å²) >= 11 is 0. The van der Waals surface area contributed by atoms with Crippen LogP contribution in [0.2, 0.25) is 0 Å². The van der Waals surface area contributed by atoms with E-state index in [0.29, 0.717) is 17.9 Å². The summed E-state index contributed by atoms with van der Waals surface area (Å²) < 4.78 is 0. The summed E-state index contributed by atoms with van der Waals surface area (Å²) in [7, 11) is 0. The van der Waals surface area contributed by atoms with Crippen molar-refractivity contribution < 1.29 is 4.79 Å². The van der Waals surface area contributed by atoms with Gasteiger partial charge in [0.25, 0.3) is 0 Å². The van der Waals surface area contributed by atoms with E-state index in [0.717, 1.165) is 25.6 Å². The zero-order valence-corrected chi connectivity index (χ0v) is 13.5. The van der Waals surface area contributed by atoms with Gasteiger partial charge in [0.05, 0.1) is 0 Å². The summed E-state index contributed by atoms with van der Waals surface area (Å²) in [6.07, 6.45) is 8.26.